The van der Waals surface area contributed by atoms with E-state index in [1.54, 1.807) is 6.92 Å². The lowest BCUT2D eigenvalue weighted by Crippen LogP contribution is -2.64. The third-order valence-corrected chi connectivity index (χ3v) is 19.6. The molecule has 74 heavy (non-hydrogen) atoms. The molecule has 6 heterocycles. The van der Waals surface area contributed by atoms with E-state index in [0.717, 1.165) is 44.9 Å². The van der Waals surface area contributed by atoms with Crippen LogP contribution in [-0.2, 0) is 66.4 Å². The van der Waals surface area contributed by atoms with Crippen LogP contribution in [0.5, 0.6) is 0 Å². The molecule has 0 radical (unpaired) electrons. The number of rotatable bonds is 14. The average molecular weight is 1060 g/mol. The van der Waals surface area contributed by atoms with Crippen molar-refractivity contribution in [1.82, 2.24) is 0 Å². The summed E-state index contributed by atoms with van der Waals surface area (Å²) in [5.74, 6) is 0.319. The van der Waals surface area contributed by atoms with Crippen molar-refractivity contribution in [3.8, 4) is 0 Å². The number of hydrogen-bond donors (Lipinski definition) is 10. The fourth-order valence-corrected chi connectivity index (χ4v) is 15.7. The molecule has 24 heteroatoms. The lowest BCUT2D eigenvalue weighted by Gasteiger charge is -2.60. The van der Waals surface area contributed by atoms with Gasteiger partial charge in [0.25, 0.3) is 0 Å². The predicted molar refractivity (Wildman–Crippen MR) is 243 cm³/mol. The van der Waals surface area contributed by atoms with Crippen molar-refractivity contribution in [3.05, 3.63) is 0 Å². The van der Waals surface area contributed by atoms with E-state index in [1.807, 2.05) is 0 Å². The Labute approximate surface area is 428 Å². The molecule has 4 aliphatic carbocycles. The van der Waals surface area contributed by atoms with Crippen LogP contribution in [0.4, 0.5) is 0 Å². The van der Waals surface area contributed by atoms with Crippen molar-refractivity contribution >= 4 is 11.9 Å². The van der Waals surface area contributed by atoms with Gasteiger partial charge in [-0.2, -0.15) is 0 Å². The fourth-order valence-electron chi connectivity index (χ4n) is 15.7. The highest BCUT2D eigenvalue weighted by molar-refractivity contribution is 5.71. The average Bonchev–Trinajstić information content (AvgIpc) is 3.90. The minimum absolute atomic E-state index is 0.00602. The Balaban J connectivity index is 0.753. The van der Waals surface area contributed by atoms with Gasteiger partial charge in [-0.15, -0.1) is 0 Å². The lowest BCUT2D eigenvalue weighted by atomic mass is 9.44. The van der Waals surface area contributed by atoms with Gasteiger partial charge in [-0.25, -0.2) is 0 Å². The van der Waals surface area contributed by atoms with Gasteiger partial charge in [0.05, 0.1) is 51.2 Å². The molecule has 0 aromatic carbocycles. The maximum Gasteiger partial charge on any atom is 0.306 e. The van der Waals surface area contributed by atoms with E-state index >= 15 is 0 Å². The number of ether oxygens (including phenoxy) is 12. The SMILES string of the molecule is CO[C@@H]1C[C@H](O[C@H]2CC[C@]3(C)[C@H]4CC[C@]5(C)[C@@H](C6COC(=O)C6)CC[C@@]56O[C@@]46CC[C@H]3[C@H]2OC(C)=O)O[C@H](C)[C@@H]1O[C@@H]1O[C@H](CO[C@@H]2O[C@H](CO[C@@H]3O[C@H](CO)[C@@H](O)[C@H](O)[C@H]3O)[C@@H](O)[C@H](O)[C@H]2O)[C@@H](O)[C@H](O)[C@H]1O. The molecule has 10 N–H and O–H groups in total. The van der Waals surface area contributed by atoms with Gasteiger partial charge in [-0.05, 0) is 75.5 Å². The van der Waals surface area contributed by atoms with Gasteiger partial charge in [0.2, 0.25) is 0 Å². The number of carbonyl (C=O) groups is 2. The summed E-state index contributed by atoms with van der Waals surface area (Å²) in [5, 5.41) is 105. The topological polar surface area (TPSA) is 350 Å². The van der Waals surface area contributed by atoms with Gasteiger partial charge in [-0.1, -0.05) is 13.8 Å². The summed E-state index contributed by atoms with van der Waals surface area (Å²) in [6.45, 7) is 6.41. The first-order chi connectivity index (χ1) is 35.1. The first-order valence-electron chi connectivity index (χ1n) is 26.6. The lowest BCUT2D eigenvalue weighted by molar-refractivity contribution is -0.358. The highest BCUT2D eigenvalue weighted by atomic mass is 16.8. The van der Waals surface area contributed by atoms with E-state index < -0.39 is 155 Å². The third kappa shape index (κ3) is 9.18. The molecule has 2 spiro atoms. The molecule has 10 aliphatic rings. The van der Waals surface area contributed by atoms with Crippen LogP contribution >= 0.6 is 0 Å². The maximum atomic E-state index is 12.9. The zero-order valence-corrected chi connectivity index (χ0v) is 42.5. The zero-order valence-electron chi connectivity index (χ0n) is 42.5. The molecule has 6 saturated heterocycles. The number of aliphatic hydroxyl groups is 10. The Morgan fingerprint density at radius 3 is 1.85 bits per heavy atom. The monoisotopic (exact) mass is 1060 g/mol. The second-order valence-electron chi connectivity index (χ2n) is 23.3. The summed E-state index contributed by atoms with van der Waals surface area (Å²) in [7, 11) is 1.48. The van der Waals surface area contributed by atoms with Gasteiger partial charge in [0.1, 0.15) is 96.7 Å². The Morgan fingerprint density at radius 1 is 0.662 bits per heavy atom. The van der Waals surface area contributed by atoms with Gasteiger partial charge < -0.3 is 108 Å². The van der Waals surface area contributed by atoms with E-state index in [9.17, 15) is 60.7 Å². The molecule has 1 unspecified atom stereocenters. The molecule has 6 aliphatic heterocycles. The van der Waals surface area contributed by atoms with E-state index in [1.165, 1.54) is 14.0 Å². The normalized spacial score (nSPS) is 55.1. The molecule has 10 rings (SSSR count). The number of esters is 2. The van der Waals surface area contributed by atoms with Crippen LogP contribution in [-0.4, -0.2) is 237 Å². The fraction of sp³-hybridized carbons (Fsp3) is 0.960. The van der Waals surface area contributed by atoms with Crippen molar-refractivity contribution in [2.45, 2.75) is 232 Å². The van der Waals surface area contributed by atoms with Crippen LogP contribution in [0.25, 0.3) is 0 Å². The summed E-state index contributed by atoms with van der Waals surface area (Å²) < 4.78 is 72.4. The van der Waals surface area contributed by atoms with Gasteiger partial charge in [-0.3, -0.25) is 9.59 Å². The molecule has 29 atom stereocenters. The van der Waals surface area contributed by atoms with Crippen molar-refractivity contribution in [1.29, 1.82) is 0 Å². The maximum absolute atomic E-state index is 12.9. The summed E-state index contributed by atoms with van der Waals surface area (Å²) in [4.78, 5) is 25.1. The van der Waals surface area contributed by atoms with Gasteiger partial charge >= 0.3 is 11.9 Å². The standard InChI is InChI=1S/C50H78O24/c1-20-42(73-46-41(62)38(59)35(56)29(72-46)19-66-45-40(61)37(58)34(55)28(71-45)18-65-44-39(60)36(57)33(54)27(16-51)70-44)26(63-5)15-32(67-20)69-25-8-10-47(3)24(43(25)68-21(2)52)6-12-49-30(47)9-11-48(4)23(7-13-50(48,49)74-49)22-14-31(53)64-17-22/h20,22-30,32-46,51,54-62H,6-19H2,1-5H3/t20-,22?,23-,24+,25+,26-,27-,28-,29-,30-,32+,33-,34-,35-,36+,37+,38+,39-,40-,41-,42+,43-,44-,45-,46+,47+,48-,49+,50-/m1/s1. The van der Waals surface area contributed by atoms with Gasteiger partial charge in [0.15, 0.2) is 25.2 Å². The minimum atomic E-state index is -1.86. The van der Waals surface area contributed by atoms with Crippen molar-refractivity contribution in [3.63, 3.8) is 0 Å². The second kappa shape index (κ2) is 21.0. The predicted octanol–water partition coefficient (Wildman–Crippen LogP) is -2.61. The Morgan fingerprint density at radius 2 is 1.26 bits per heavy atom. The quantitative estimate of drug-likeness (QED) is 0.0484. The van der Waals surface area contributed by atoms with Crippen molar-refractivity contribution in [2.24, 2.45) is 34.5 Å². The third-order valence-electron chi connectivity index (χ3n) is 19.6. The first kappa shape index (κ1) is 55.5. The number of epoxide rings is 1. The molecule has 10 fully saturated rings. The number of fused-ring (bicyclic) bond motifs is 2. The highest BCUT2D eigenvalue weighted by Crippen LogP contribution is 2.82. The summed E-state index contributed by atoms with van der Waals surface area (Å²) >= 11 is 0. The number of cyclic esters (lactones) is 1. The van der Waals surface area contributed by atoms with Gasteiger partial charge in [0, 0.05) is 37.7 Å². The largest absolute Gasteiger partial charge is 0.465 e. The van der Waals surface area contributed by atoms with E-state index in [2.05, 4.69) is 13.8 Å². The molecule has 24 nitrogen and oxygen atoms in total. The number of methoxy groups -OCH3 is 1. The Hall–Kier alpha value is -1.86. The van der Waals surface area contributed by atoms with Crippen LogP contribution in [0.15, 0.2) is 0 Å². The number of aliphatic hydroxyl groups excluding tert-OH is 10. The summed E-state index contributed by atoms with van der Waals surface area (Å²) in [5.41, 5.74) is -0.745. The molecular formula is C50H78O24. The van der Waals surface area contributed by atoms with E-state index in [0.29, 0.717) is 25.4 Å². The zero-order chi connectivity index (χ0) is 53.0. The smallest absolute Gasteiger partial charge is 0.306 e. The molecular weight excluding hydrogens is 985 g/mol. The summed E-state index contributed by atoms with van der Waals surface area (Å²) in [6, 6.07) is 0. The second-order valence-corrected chi connectivity index (χ2v) is 23.3. The first-order valence-corrected chi connectivity index (χ1v) is 26.6. The molecule has 0 aromatic heterocycles. The Kier molecular flexibility index (Phi) is 15.7. The molecule has 0 bridgehead atoms. The molecule has 0 aromatic rings. The number of hydrogen-bond acceptors (Lipinski definition) is 24. The van der Waals surface area contributed by atoms with Crippen LogP contribution in [0.2, 0.25) is 0 Å². The molecule has 4 saturated carbocycles. The summed E-state index contributed by atoms with van der Waals surface area (Å²) in [6.07, 6.45) is -21.6. The van der Waals surface area contributed by atoms with E-state index in [4.69, 9.17) is 56.8 Å². The number of carbonyl (C=O) groups excluding carboxylic acids is 2. The van der Waals surface area contributed by atoms with Crippen LogP contribution in [0.3, 0.4) is 0 Å². The van der Waals surface area contributed by atoms with Crippen molar-refractivity contribution in [2.75, 3.05) is 33.5 Å². The Bertz CT molecular complexity index is 2000. The molecule has 0 amide bonds. The minimum Gasteiger partial charge on any atom is -0.465 e. The molecule has 422 valence electrons. The van der Waals surface area contributed by atoms with Crippen LogP contribution in [0, 0.1) is 34.5 Å². The van der Waals surface area contributed by atoms with Crippen LogP contribution < -0.4 is 0 Å². The van der Waals surface area contributed by atoms with Crippen LogP contribution in [0.1, 0.15) is 91.9 Å². The van der Waals surface area contributed by atoms with Crippen molar-refractivity contribution < 1.29 is 117 Å². The highest BCUT2D eigenvalue weighted by Gasteiger charge is 2.87. The van der Waals surface area contributed by atoms with E-state index in [-0.39, 0.29) is 52.2 Å².